The molecule has 0 saturated heterocycles. The zero-order chi connectivity index (χ0) is 17.6. The van der Waals surface area contributed by atoms with E-state index in [1.807, 2.05) is 60.0 Å². The van der Waals surface area contributed by atoms with E-state index in [4.69, 9.17) is 16.3 Å². The first-order valence-electron chi connectivity index (χ1n) is 7.58. The molecule has 126 valence electrons. The molecule has 0 bridgehead atoms. The molecule has 0 amide bonds. The van der Waals surface area contributed by atoms with Gasteiger partial charge in [0.1, 0.15) is 12.4 Å². The van der Waals surface area contributed by atoms with Crippen LogP contribution in [-0.4, -0.2) is 11.1 Å². The molecule has 0 saturated carbocycles. The van der Waals surface area contributed by atoms with Crippen LogP contribution in [0.2, 0.25) is 5.02 Å². The molecule has 0 spiro atoms. The number of halogens is 1. The van der Waals surface area contributed by atoms with Crippen LogP contribution in [0.15, 0.2) is 66.0 Å². The van der Waals surface area contributed by atoms with Crippen LogP contribution >= 0.6 is 22.9 Å². The molecule has 25 heavy (non-hydrogen) atoms. The number of hydrogen-bond donors (Lipinski definition) is 1. The summed E-state index contributed by atoms with van der Waals surface area (Å²) in [4.78, 5) is 12.3. The molecule has 0 unspecified atom stereocenters. The third kappa shape index (κ3) is 4.50. The van der Waals surface area contributed by atoms with E-state index in [1.165, 1.54) is 11.3 Å². The van der Waals surface area contributed by atoms with Gasteiger partial charge in [0.15, 0.2) is 0 Å². The Morgan fingerprint density at radius 1 is 1.12 bits per heavy atom. The molecule has 0 aliphatic heterocycles. The minimum atomic E-state index is -0.966. The molecule has 3 rings (SSSR count). The number of carboxylic acid groups (broad SMARTS) is 1. The van der Waals surface area contributed by atoms with Crippen LogP contribution in [0.25, 0.3) is 11.6 Å². The van der Waals surface area contributed by atoms with Gasteiger partial charge < -0.3 is 9.84 Å². The van der Waals surface area contributed by atoms with E-state index in [0.29, 0.717) is 22.3 Å². The second-order valence-corrected chi connectivity index (χ2v) is 6.68. The smallest absolute Gasteiger partial charge is 0.337 e. The molecule has 2 aromatic carbocycles. The molecule has 1 heterocycles. The van der Waals surface area contributed by atoms with Gasteiger partial charge in [-0.05, 0) is 41.3 Å². The Labute approximate surface area is 154 Å². The van der Waals surface area contributed by atoms with Crippen LogP contribution < -0.4 is 4.74 Å². The third-order valence-corrected chi connectivity index (χ3v) is 4.66. The average molecular weight is 371 g/mol. The van der Waals surface area contributed by atoms with Crippen LogP contribution in [0, 0.1) is 0 Å². The van der Waals surface area contributed by atoms with Gasteiger partial charge in [0.25, 0.3) is 0 Å². The van der Waals surface area contributed by atoms with Gasteiger partial charge in [-0.15, -0.1) is 11.3 Å². The molecule has 1 N–H and O–H groups in total. The van der Waals surface area contributed by atoms with Crippen molar-refractivity contribution in [1.82, 2.24) is 0 Å². The lowest BCUT2D eigenvalue weighted by atomic mass is 10.1. The maximum atomic E-state index is 11.6. The highest BCUT2D eigenvalue weighted by Crippen LogP contribution is 2.28. The summed E-state index contributed by atoms with van der Waals surface area (Å²) < 4.78 is 5.88. The SMILES string of the molecule is O=C(O)/C(=C\c1ccccc1OCc1cccc(Cl)c1)c1cccs1. The molecule has 3 nitrogen and oxygen atoms in total. The number of aliphatic carboxylic acids is 1. The fraction of sp³-hybridized carbons (Fsp3) is 0.0500. The quantitative estimate of drug-likeness (QED) is 0.574. The molecule has 0 atom stereocenters. The number of benzene rings is 2. The van der Waals surface area contributed by atoms with Crippen LogP contribution in [-0.2, 0) is 11.4 Å². The van der Waals surface area contributed by atoms with E-state index in [0.717, 1.165) is 11.1 Å². The molecular weight excluding hydrogens is 356 g/mol. The van der Waals surface area contributed by atoms with Crippen LogP contribution in [0.1, 0.15) is 16.0 Å². The highest BCUT2D eigenvalue weighted by Gasteiger charge is 2.13. The summed E-state index contributed by atoms with van der Waals surface area (Å²) in [6.07, 6.45) is 1.64. The Morgan fingerprint density at radius 2 is 1.96 bits per heavy atom. The monoisotopic (exact) mass is 370 g/mol. The van der Waals surface area contributed by atoms with Crippen molar-refractivity contribution >= 4 is 40.6 Å². The van der Waals surface area contributed by atoms with Gasteiger partial charge in [0, 0.05) is 15.5 Å². The Morgan fingerprint density at radius 3 is 2.68 bits per heavy atom. The summed E-state index contributed by atoms with van der Waals surface area (Å²) in [5.41, 5.74) is 1.91. The van der Waals surface area contributed by atoms with Gasteiger partial charge in [-0.25, -0.2) is 4.79 Å². The van der Waals surface area contributed by atoms with E-state index in [9.17, 15) is 9.90 Å². The maximum Gasteiger partial charge on any atom is 0.337 e. The molecular formula is C20H15ClO3S. The van der Waals surface area contributed by atoms with Crippen molar-refractivity contribution in [3.05, 3.63) is 87.1 Å². The van der Waals surface area contributed by atoms with Gasteiger partial charge in [0.05, 0.1) is 5.57 Å². The highest BCUT2D eigenvalue weighted by atomic mass is 35.5. The maximum absolute atomic E-state index is 11.6. The summed E-state index contributed by atoms with van der Waals surface area (Å²) in [6.45, 7) is 0.354. The van der Waals surface area contributed by atoms with Gasteiger partial charge in [0.2, 0.25) is 0 Å². The zero-order valence-electron chi connectivity index (χ0n) is 13.2. The van der Waals surface area contributed by atoms with Crippen molar-refractivity contribution in [3.63, 3.8) is 0 Å². The van der Waals surface area contributed by atoms with Gasteiger partial charge in [-0.1, -0.05) is 48.0 Å². The second kappa shape index (κ2) is 8.01. The van der Waals surface area contributed by atoms with Crippen molar-refractivity contribution < 1.29 is 14.6 Å². The minimum absolute atomic E-state index is 0.244. The normalized spacial score (nSPS) is 11.3. The van der Waals surface area contributed by atoms with Crippen molar-refractivity contribution in [1.29, 1.82) is 0 Å². The average Bonchev–Trinajstić information content (AvgIpc) is 3.12. The molecule has 0 aliphatic rings. The summed E-state index contributed by atoms with van der Waals surface area (Å²) in [5, 5.41) is 12.0. The predicted octanol–water partition coefficient (Wildman–Crippen LogP) is 5.61. The van der Waals surface area contributed by atoms with E-state index >= 15 is 0 Å². The first-order valence-corrected chi connectivity index (χ1v) is 8.84. The van der Waals surface area contributed by atoms with E-state index in [1.54, 1.807) is 12.1 Å². The van der Waals surface area contributed by atoms with E-state index < -0.39 is 5.97 Å². The number of para-hydroxylation sites is 1. The number of carbonyl (C=O) groups is 1. The lowest BCUT2D eigenvalue weighted by Gasteiger charge is -2.10. The molecule has 0 aliphatic carbocycles. The first-order chi connectivity index (χ1) is 12.1. The number of ether oxygens (including phenoxy) is 1. The summed E-state index contributed by atoms with van der Waals surface area (Å²) in [7, 11) is 0. The highest BCUT2D eigenvalue weighted by molar-refractivity contribution is 7.11. The number of thiophene rings is 1. The molecule has 5 heteroatoms. The number of carboxylic acids is 1. The Bertz CT molecular complexity index is 901. The predicted molar refractivity (Wildman–Crippen MR) is 102 cm³/mol. The van der Waals surface area contributed by atoms with Crippen molar-refractivity contribution in [2.75, 3.05) is 0 Å². The van der Waals surface area contributed by atoms with Crippen molar-refractivity contribution in [3.8, 4) is 5.75 Å². The topological polar surface area (TPSA) is 46.5 Å². The number of rotatable bonds is 6. The van der Waals surface area contributed by atoms with Crippen molar-refractivity contribution in [2.45, 2.75) is 6.61 Å². The Hall–Kier alpha value is -2.56. The Kier molecular flexibility index (Phi) is 5.53. The fourth-order valence-electron chi connectivity index (χ4n) is 2.34. The molecule has 0 radical (unpaired) electrons. The van der Waals surface area contributed by atoms with Crippen LogP contribution in [0.3, 0.4) is 0 Å². The van der Waals surface area contributed by atoms with Crippen molar-refractivity contribution in [2.24, 2.45) is 0 Å². The largest absolute Gasteiger partial charge is 0.488 e. The standard InChI is InChI=1S/C20H15ClO3S/c21-16-7-3-5-14(11-16)13-24-18-8-2-1-6-15(18)12-17(20(22)23)19-9-4-10-25-19/h1-12H,13H2,(H,22,23)/b17-12-. The molecule has 3 aromatic rings. The van der Waals surface area contributed by atoms with Gasteiger partial charge in [-0.2, -0.15) is 0 Å². The van der Waals surface area contributed by atoms with Crippen LogP contribution in [0.4, 0.5) is 0 Å². The lowest BCUT2D eigenvalue weighted by molar-refractivity contribution is -0.130. The fourth-order valence-corrected chi connectivity index (χ4v) is 3.29. The third-order valence-electron chi connectivity index (χ3n) is 3.52. The lowest BCUT2D eigenvalue weighted by Crippen LogP contribution is -2.00. The second-order valence-electron chi connectivity index (χ2n) is 5.30. The van der Waals surface area contributed by atoms with Gasteiger partial charge in [-0.3, -0.25) is 0 Å². The summed E-state index contributed by atoms with van der Waals surface area (Å²) in [5.74, 6) is -0.343. The summed E-state index contributed by atoms with van der Waals surface area (Å²) >= 11 is 7.38. The minimum Gasteiger partial charge on any atom is -0.488 e. The molecule has 0 fully saturated rings. The van der Waals surface area contributed by atoms with E-state index in [-0.39, 0.29) is 5.57 Å². The summed E-state index contributed by atoms with van der Waals surface area (Å²) in [6, 6.07) is 18.4. The van der Waals surface area contributed by atoms with E-state index in [2.05, 4.69) is 0 Å². The molecule has 1 aromatic heterocycles. The zero-order valence-corrected chi connectivity index (χ0v) is 14.8. The van der Waals surface area contributed by atoms with Gasteiger partial charge >= 0.3 is 5.97 Å². The first kappa shape index (κ1) is 17.3. The Balaban J connectivity index is 1.87. The number of hydrogen-bond acceptors (Lipinski definition) is 3. The van der Waals surface area contributed by atoms with Crippen LogP contribution in [0.5, 0.6) is 5.75 Å².